The van der Waals surface area contributed by atoms with Gasteiger partial charge in [0.2, 0.25) is 0 Å². The summed E-state index contributed by atoms with van der Waals surface area (Å²) >= 11 is 3.51. The summed E-state index contributed by atoms with van der Waals surface area (Å²) in [4.78, 5) is 7.81. The topological polar surface area (TPSA) is 54.7 Å². The predicted molar refractivity (Wildman–Crippen MR) is 86.3 cm³/mol. The molecule has 3 aromatic rings. The molecule has 0 atom stereocenters. The molecule has 0 fully saturated rings. The van der Waals surface area contributed by atoms with Crippen LogP contribution < -0.4 is 5.73 Å². The smallest absolute Gasteiger partial charge is 0.137 e. The van der Waals surface area contributed by atoms with Gasteiger partial charge in [-0.25, -0.2) is 4.98 Å². The number of aryl methyl sites for hydroxylation is 1. The van der Waals surface area contributed by atoms with E-state index in [9.17, 15) is 0 Å². The Labute approximate surface area is 126 Å². The molecule has 1 heterocycles. The van der Waals surface area contributed by atoms with Crippen LogP contribution in [0, 0.1) is 6.92 Å². The van der Waals surface area contributed by atoms with Crippen LogP contribution >= 0.6 is 15.9 Å². The molecule has 3 N–H and O–H groups in total. The first kappa shape index (κ1) is 12.9. The minimum Gasteiger partial charge on any atom is -0.399 e. The Balaban J connectivity index is 2.01. The van der Waals surface area contributed by atoms with Crippen LogP contribution in [0.2, 0.25) is 0 Å². The van der Waals surface area contributed by atoms with Crippen molar-refractivity contribution in [2.24, 2.45) is 0 Å². The molecule has 0 saturated carbocycles. The van der Waals surface area contributed by atoms with E-state index >= 15 is 0 Å². The van der Waals surface area contributed by atoms with Gasteiger partial charge in [0, 0.05) is 21.3 Å². The van der Waals surface area contributed by atoms with Crippen LogP contribution in [0.25, 0.3) is 22.6 Å². The van der Waals surface area contributed by atoms with Crippen molar-refractivity contribution in [2.75, 3.05) is 5.73 Å². The van der Waals surface area contributed by atoms with E-state index in [0.717, 1.165) is 32.8 Å². The molecular weight excluding hydrogens is 314 g/mol. The number of nitrogen functional groups attached to an aromatic ring is 1. The Morgan fingerprint density at radius 2 is 1.85 bits per heavy atom. The normalized spacial score (nSPS) is 10.7. The average molecular weight is 328 g/mol. The maximum Gasteiger partial charge on any atom is 0.137 e. The SMILES string of the molecule is Cc1ccc(Br)cc1-c1cnc(-c2ccc(N)cc2)[nH]1. The highest BCUT2D eigenvalue weighted by Gasteiger charge is 2.08. The number of rotatable bonds is 2. The lowest BCUT2D eigenvalue weighted by atomic mass is 10.1. The summed E-state index contributed by atoms with van der Waals surface area (Å²) in [7, 11) is 0. The molecule has 3 rings (SSSR count). The molecule has 1 aromatic heterocycles. The van der Waals surface area contributed by atoms with Crippen LogP contribution in [-0.4, -0.2) is 9.97 Å². The van der Waals surface area contributed by atoms with Crippen molar-refractivity contribution in [3.63, 3.8) is 0 Å². The predicted octanol–water partition coefficient (Wildman–Crippen LogP) is 4.40. The summed E-state index contributed by atoms with van der Waals surface area (Å²) in [5, 5.41) is 0. The molecule has 0 aliphatic heterocycles. The van der Waals surface area contributed by atoms with E-state index in [1.807, 2.05) is 36.5 Å². The van der Waals surface area contributed by atoms with Gasteiger partial charge in [-0.1, -0.05) is 22.0 Å². The fourth-order valence-electron chi connectivity index (χ4n) is 2.13. The first-order chi connectivity index (χ1) is 9.63. The van der Waals surface area contributed by atoms with E-state index in [0.29, 0.717) is 0 Å². The van der Waals surface area contributed by atoms with Gasteiger partial charge in [-0.05, 0) is 48.9 Å². The van der Waals surface area contributed by atoms with E-state index in [4.69, 9.17) is 5.73 Å². The minimum absolute atomic E-state index is 0.753. The molecular formula is C16H14BrN3. The zero-order valence-electron chi connectivity index (χ0n) is 11.0. The summed E-state index contributed by atoms with van der Waals surface area (Å²) < 4.78 is 1.06. The number of imidazole rings is 1. The Morgan fingerprint density at radius 3 is 2.60 bits per heavy atom. The quantitative estimate of drug-likeness (QED) is 0.685. The number of benzene rings is 2. The highest BCUT2D eigenvalue weighted by atomic mass is 79.9. The van der Waals surface area contributed by atoms with E-state index in [2.05, 4.69) is 45.0 Å². The molecule has 0 radical (unpaired) electrons. The van der Waals surface area contributed by atoms with Gasteiger partial charge in [-0.2, -0.15) is 0 Å². The first-order valence-corrected chi connectivity index (χ1v) is 7.10. The van der Waals surface area contributed by atoms with Crippen LogP contribution in [0.1, 0.15) is 5.56 Å². The van der Waals surface area contributed by atoms with Crippen molar-refractivity contribution in [3.8, 4) is 22.6 Å². The summed E-state index contributed by atoms with van der Waals surface area (Å²) in [5.41, 5.74) is 10.8. The number of hydrogen-bond acceptors (Lipinski definition) is 2. The van der Waals surface area contributed by atoms with Crippen molar-refractivity contribution in [3.05, 3.63) is 58.7 Å². The van der Waals surface area contributed by atoms with Gasteiger partial charge in [-0.3, -0.25) is 0 Å². The van der Waals surface area contributed by atoms with Crippen LogP contribution in [-0.2, 0) is 0 Å². The van der Waals surface area contributed by atoms with Crippen molar-refractivity contribution in [1.29, 1.82) is 0 Å². The lowest BCUT2D eigenvalue weighted by molar-refractivity contribution is 1.30. The van der Waals surface area contributed by atoms with Gasteiger partial charge in [0.25, 0.3) is 0 Å². The third-order valence-corrected chi connectivity index (χ3v) is 3.74. The summed E-state index contributed by atoms with van der Waals surface area (Å²) in [6.45, 7) is 2.09. The second-order valence-corrected chi connectivity index (χ2v) is 5.64. The van der Waals surface area contributed by atoms with Crippen molar-refractivity contribution < 1.29 is 0 Å². The summed E-state index contributed by atoms with van der Waals surface area (Å²) in [5.74, 6) is 0.847. The van der Waals surface area contributed by atoms with Gasteiger partial charge in [0.05, 0.1) is 11.9 Å². The molecule has 0 aliphatic carbocycles. The summed E-state index contributed by atoms with van der Waals surface area (Å²) in [6.07, 6.45) is 1.86. The van der Waals surface area contributed by atoms with Crippen LogP contribution in [0.15, 0.2) is 53.1 Å². The number of nitrogens with two attached hydrogens (primary N) is 1. The third kappa shape index (κ3) is 2.47. The van der Waals surface area contributed by atoms with Gasteiger partial charge in [-0.15, -0.1) is 0 Å². The van der Waals surface area contributed by atoms with E-state index in [1.54, 1.807) is 0 Å². The molecule has 0 aliphatic rings. The average Bonchev–Trinajstić information content (AvgIpc) is 2.92. The van der Waals surface area contributed by atoms with Gasteiger partial charge < -0.3 is 10.7 Å². The Morgan fingerprint density at radius 1 is 1.10 bits per heavy atom. The molecule has 4 heteroatoms. The Bertz CT molecular complexity index is 745. The molecule has 3 nitrogen and oxygen atoms in total. The maximum absolute atomic E-state index is 5.70. The van der Waals surface area contributed by atoms with Crippen molar-refractivity contribution in [1.82, 2.24) is 9.97 Å². The van der Waals surface area contributed by atoms with Crippen molar-refractivity contribution >= 4 is 21.6 Å². The van der Waals surface area contributed by atoms with Gasteiger partial charge in [0.1, 0.15) is 5.82 Å². The fraction of sp³-hybridized carbons (Fsp3) is 0.0625. The number of halogens is 1. The van der Waals surface area contributed by atoms with Crippen LogP contribution in [0.3, 0.4) is 0 Å². The number of anilines is 1. The standard InChI is InChI=1S/C16H14BrN3/c1-10-2-5-12(17)8-14(10)15-9-19-16(20-15)11-3-6-13(18)7-4-11/h2-9H,18H2,1H3,(H,19,20). The van der Waals surface area contributed by atoms with E-state index in [-0.39, 0.29) is 0 Å². The lowest BCUT2D eigenvalue weighted by Gasteiger charge is -2.04. The van der Waals surface area contributed by atoms with Gasteiger partial charge >= 0.3 is 0 Å². The molecule has 20 heavy (non-hydrogen) atoms. The van der Waals surface area contributed by atoms with Crippen LogP contribution in [0.4, 0.5) is 5.69 Å². The molecule has 0 bridgehead atoms. The first-order valence-electron chi connectivity index (χ1n) is 6.31. The van der Waals surface area contributed by atoms with Crippen LogP contribution in [0.5, 0.6) is 0 Å². The molecule has 0 spiro atoms. The molecule has 0 amide bonds. The molecule has 0 unspecified atom stereocenters. The zero-order valence-corrected chi connectivity index (χ0v) is 12.6. The number of aromatic nitrogens is 2. The third-order valence-electron chi connectivity index (χ3n) is 3.25. The van der Waals surface area contributed by atoms with Gasteiger partial charge in [0.15, 0.2) is 0 Å². The highest BCUT2D eigenvalue weighted by Crippen LogP contribution is 2.27. The van der Waals surface area contributed by atoms with Crippen molar-refractivity contribution in [2.45, 2.75) is 6.92 Å². The lowest BCUT2D eigenvalue weighted by Crippen LogP contribution is -1.86. The number of H-pyrrole nitrogens is 1. The zero-order chi connectivity index (χ0) is 14.1. The monoisotopic (exact) mass is 327 g/mol. The van der Waals surface area contributed by atoms with E-state index < -0.39 is 0 Å². The highest BCUT2D eigenvalue weighted by molar-refractivity contribution is 9.10. The summed E-state index contributed by atoms with van der Waals surface area (Å²) in [6, 6.07) is 13.9. The maximum atomic E-state index is 5.70. The Kier molecular flexibility index (Phi) is 3.32. The number of nitrogens with zero attached hydrogens (tertiary/aromatic N) is 1. The number of hydrogen-bond donors (Lipinski definition) is 2. The number of nitrogens with one attached hydrogen (secondary N) is 1. The minimum atomic E-state index is 0.753. The molecule has 100 valence electrons. The second-order valence-electron chi connectivity index (χ2n) is 4.73. The molecule has 0 saturated heterocycles. The Hall–Kier alpha value is -2.07. The fourth-order valence-corrected chi connectivity index (χ4v) is 2.49. The largest absolute Gasteiger partial charge is 0.399 e. The molecule has 2 aromatic carbocycles. The second kappa shape index (κ2) is 5.13. The number of aromatic amines is 1. The van der Waals surface area contributed by atoms with E-state index in [1.165, 1.54) is 5.56 Å².